The number of ether oxygens (including phenoxy) is 1. The van der Waals surface area contributed by atoms with Crippen LogP contribution in [-0.4, -0.2) is 15.3 Å². The summed E-state index contributed by atoms with van der Waals surface area (Å²) in [4.78, 5) is 30.0. The number of fused-ring (bicyclic) bond motifs is 1. The Morgan fingerprint density at radius 2 is 2.11 bits per heavy atom. The zero-order valence-electron chi connectivity index (χ0n) is 13.7. The lowest BCUT2D eigenvalue weighted by molar-refractivity contribution is 0.103. The molecule has 9 heteroatoms. The van der Waals surface area contributed by atoms with E-state index in [9.17, 15) is 9.59 Å². The Labute approximate surface area is 166 Å². The fourth-order valence-electron chi connectivity index (χ4n) is 2.43. The number of benzene rings is 1. The van der Waals surface area contributed by atoms with Crippen LogP contribution in [0.25, 0.3) is 4.96 Å². The molecule has 0 radical (unpaired) electrons. The molecule has 0 aliphatic carbocycles. The van der Waals surface area contributed by atoms with Gasteiger partial charge in [0.15, 0.2) is 4.96 Å². The molecule has 1 amide bonds. The summed E-state index contributed by atoms with van der Waals surface area (Å²) in [7, 11) is 0. The zero-order chi connectivity index (χ0) is 18.8. The molecule has 3 heterocycles. The maximum atomic E-state index is 12.3. The Balaban J connectivity index is 1.56. The van der Waals surface area contributed by atoms with Crippen LogP contribution in [0.2, 0.25) is 5.02 Å². The van der Waals surface area contributed by atoms with Crippen LogP contribution < -0.4 is 15.6 Å². The summed E-state index contributed by atoms with van der Waals surface area (Å²) in [5, 5.41) is 6.90. The number of thiophene rings is 1. The SMILES string of the molecule is O=C(Nc1cc(Cl)ccc1OCc1cc(=O)n2ccsc2n1)c1cccs1. The third-order valence-corrected chi connectivity index (χ3v) is 5.53. The van der Waals surface area contributed by atoms with Gasteiger partial charge in [-0.15, -0.1) is 22.7 Å². The summed E-state index contributed by atoms with van der Waals surface area (Å²) >= 11 is 8.77. The van der Waals surface area contributed by atoms with Crippen molar-refractivity contribution in [2.24, 2.45) is 0 Å². The van der Waals surface area contributed by atoms with Crippen molar-refractivity contribution in [1.82, 2.24) is 9.38 Å². The quantitative estimate of drug-likeness (QED) is 0.525. The largest absolute Gasteiger partial charge is 0.485 e. The van der Waals surface area contributed by atoms with Gasteiger partial charge >= 0.3 is 0 Å². The number of rotatable bonds is 5. The first-order valence-electron chi connectivity index (χ1n) is 7.83. The lowest BCUT2D eigenvalue weighted by Gasteiger charge is -2.12. The molecule has 3 aromatic heterocycles. The Bertz CT molecular complexity index is 1170. The number of nitrogens with zero attached hydrogens (tertiary/aromatic N) is 2. The summed E-state index contributed by atoms with van der Waals surface area (Å²) in [5.41, 5.74) is 0.796. The van der Waals surface area contributed by atoms with E-state index in [1.807, 2.05) is 5.38 Å². The van der Waals surface area contributed by atoms with Crippen molar-refractivity contribution in [3.63, 3.8) is 0 Å². The first kappa shape index (κ1) is 17.7. The topological polar surface area (TPSA) is 72.7 Å². The molecule has 6 nitrogen and oxygen atoms in total. The van der Waals surface area contributed by atoms with E-state index < -0.39 is 0 Å². The maximum Gasteiger partial charge on any atom is 0.265 e. The summed E-state index contributed by atoms with van der Waals surface area (Å²) in [6.45, 7) is 0.0904. The minimum absolute atomic E-state index is 0.0904. The molecule has 0 atom stereocenters. The Hall–Kier alpha value is -2.68. The van der Waals surface area contributed by atoms with Gasteiger partial charge in [-0.05, 0) is 29.6 Å². The van der Waals surface area contributed by atoms with Gasteiger partial charge in [0, 0.05) is 22.7 Å². The molecule has 0 unspecified atom stereocenters. The minimum Gasteiger partial charge on any atom is -0.485 e. The average Bonchev–Trinajstić information content (AvgIpc) is 3.33. The Morgan fingerprint density at radius 3 is 2.93 bits per heavy atom. The molecule has 1 N–H and O–H groups in total. The average molecular weight is 418 g/mol. The fourth-order valence-corrected chi connectivity index (χ4v) is 3.96. The van der Waals surface area contributed by atoms with Gasteiger partial charge in [0.05, 0.1) is 16.3 Å². The number of thiazole rings is 1. The molecule has 4 rings (SSSR count). The Kier molecular flexibility index (Phi) is 4.93. The second-order valence-corrected chi connectivity index (χ2v) is 7.76. The first-order chi connectivity index (χ1) is 13.1. The minimum atomic E-state index is -0.242. The van der Waals surface area contributed by atoms with Gasteiger partial charge in [0.1, 0.15) is 12.4 Å². The van der Waals surface area contributed by atoms with Crippen molar-refractivity contribution in [3.8, 4) is 5.75 Å². The van der Waals surface area contributed by atoms with E-state index in [4.69, 9.17) is 16.3 Å². The van der Waals surface area contributed by atoms with Crippen LogP contribution in [-0.2, 0) is 6.61 Å². The highest BCUT2D eigenvalue weighted by Crippen LogP contribution is 2.29. The van der Waals surface area contributed by atoms with Crippen LogP contribution in [0.1, 0.15) is 15.4 Å². The number of amides is 1. The summed E-state index contributed by atoms with van der Waals surface area (Å²) in [6.07, 6.45) is 1.68. The van der Waals surface area contributed by atoms with Gasteiger partial charge in [-0.3, -0.25) is 14.0 Å². The van der Waals surface area contributed by atoms with Crippen molar-refractivity contribution in [2.75, 3.05) is 5.32 Å². The number of nitrogens with one attached hydrogen (secondary N) is 1. The van der Waals surface area contributed by atoms with Gasteiger partial charge in [-0.2, -0.15) is 0 Å². The van der Waals surface area contributed by atoms with Gasteiger partial charge in [0.25, 0.3) is 11.5 Å². The second kappa shape index (κ2) is 7.51. The van der Waals surface area contributed by atoms with Gasteiger partial charge in [-0.1, -0.05) is 17.7 Å². The predicted octanol–water partition coefficient (Wildman–Crippen LogP) is 4.30. The van der Waals surface area contributed by atoms with E-state index in [2.05, 4.69) is 10.3 Å². The number of hydrogen-bond donors (Lipinski definition) is 1. The molecular weight excluding hydrogens is 406 g/mol. The molecule has 27 heavy (non-hydrogen) atoms. The summed E-state index contributed by atoms with van der Waals surface area (Å²) < 4.78 is 7.28. The van der Waals surface area contributed by atoms with Crippen LogP contribution in [0.5, 0.6) is 5.75 Å². The molecular formula is C18H12ClN3O3S2. The molecule has 136 valence electrons. The smallest absolute Gasteiger partial charge is 0.265 e. The number of halogens is 1. The molecule has 1 aromatic carbocycles. The number of anilines is 1. The zero-order valence-corrected chi connectivity index (χ0v) is 16.1. The van der Waals surface area contributed by atoms with Gasteiger partial charge in [-0.25, -0.2) is 4.98 Å². The van der Waals surface area contributed by atoms with E-state index in [-0.39, 0.29) is 18.1 Å². The lowest BCUT2D eigenvalue weighted by atomic mass is 10.2. The Morgan fingerprint density at radius 1 is 1.22 bits per heavy atom. The highest BCUT2D eigenvalue weighted by atomic mass is 35.5. The van der Waals surface area contributed by atoms with Crippen LogP contribution >= 0.6 is 34.3 Å². The number of hydrogen-bond acceptors (Lipinski definition) is 6. The molecule has 0 saturated carbocycles. The molecule has 0 spiro atoms. The van der Waals surface area contributed by atoms with E-state index in [1.165, 1.54) is 33.1 Å². The van der Waals surface area contributed by atoms with E-state index >= 15 is 0 Å². The monoisotopic (exact) mass is 417 g/mol. The van der Waals surface area contributed by atoms with Crippen LogP contribution in [0, 0.1) is 0 Å². The maximum absolute atomic E-state index is 12.3. The lowest BCUT2D eigenvalue weighted by Crippen LogP contribution is -2.15. The van der Waals surface area contributed by atoms with E-state index in [0.29, 0.717) is 32.0 Å². The van der Waals surface area contributed by atoms with Crippen molar-refractivity contribution >= 4 is 50.8 Å². The van der Waals surface area contributed by atoms with Crippen LogP contribution in [0.4, 0.5) is 5.69 Å². The second-order valence-electron chi connectivity index (χ2n) is 5.50. The molecule has 0 bridgehead atoms. The highest BCUT2D eigenvalue weighted by molar-refractivity contribution is 7.15. The van der Waals surface area contributed by atoms with Gasteiger partial charge < -0.3 is 10.1 Å². The van der Waals surface area contributed by atoms with Crippen molar-refractivity contribution in [1.29, 1.82) is 0 Å². The summed E-state index contributed by atoms with van der Waals surface area (Å²) in [5.74, 6) is 0.200. The molecule has 0 fully saturated rings. The van der Waals surface area contributed by atoms with Crippen molar-refractivity contribution < 1.29 is 9.53 Å². The molecule has 0 aliphatic rings. The highest BCUT2D eigenvalue weighted by Gasteiger charge is 2.12. The normalized spacial score (nSPS) is 10.9. The summed E-state index contributed by atoms with van der Waals surface area (Å²) in [6, 6.07) is 9.93. The predicted molar refractivity (Wildman–Crippen MR) is 107 cm³/mol. The van der Waals surface area contributed by atoms with Crippen LogP contribution in [0.15, 0.2) is 58.1 Å². The van der Waals surface area contributed by atoms with E-state index in [0.717, 1.165) is 0 Å². The number of carbonyl (C=O) groups is 1. The first-order valence-corrected chi connectivity index (χ1v) is 9.97. The fraction of sp³-hybridized carbons (Fsp3) is 0.0556. The van der Waals surface area contributed by atoms with E-state index in [1.54, 1.807) is 41.9 Å². The third-order valence-electron chi connectivity index (χ3n) is 3.67. The standard InChI is InChI=1S/C18H12ClN3O3S2/c19-11-3-4-14(13(8-11)21-17(24)15-2-1-6-26-15)25-10-12-9-16(23)22-5-7-27-18(22)20-12/h1-9H,10H2,(H,21,24). The molecule has 0 saturated heterocycles. The molecule has 4 aromatic rings. The molecule has 0 aliphatic heterocycles. The van der Waals surface area contributed by atoms with Crippen LogP contribution in [0.3, 0.4) is 0 Å². The van der Waals surface area contributed by atoms with Gasteiger partial charge in [0.2, 0.25) is 0 Å². The number of aromatic nitrogens is 2. The number of carbonyl (C=O) groups excluding carboxylic acids is 1. The van der Waals surface area contributed by atoms with Crippen molar-refractivity contribution in [2.45, 2.75) is 6.61 Å². The third kappa shape index (κ3) is 3.87. The van der Waals surface area contributed by atoms with Crippen molar-refractivity contribution in [3.05, 3.63) is 79.3 Å².